The summed E-state index contributed by atoms with van der Waals surface area (Å²) in [7, 11) is 1.58. The Labute approximate surface area is 145 Å². The molecule has 0 saturated carbocycles. The third-order valence-electron chi connectivity index (χ3n) is 4.46. The molecule has 3 rings (SSSR count). The van der Waals surface area contributed by atoms with Gasteiger partial charge in [0, 0.05) is 18.3 Å². The van der Waals surface area contributed by atoms with Gasteiger partial charge in [-0.05, 0) is 31.5 Å². The van der Waals surface area contributed by atoms with Gasteiger partial charge in [0.2, 0.25) is 5.88 Å². The van der Waals surface area contributed by atoms with Crippen LogP contribution in [-0.4, -0.2) is 11.7 Å². The van der Waals surface area contributed by atoms with Crippen molar-refractivity contribution in [2.75, 3.05) is 7.11 Å². The lowest BCUT2D eigenvalue weighted by Gasteiger charge is -2.27. The fourth-order valence-electron chi connectivity index (χ4n) is 3.21. The van der Waals surface area contributed by atoms with Gasteiger partial charge in [-0.3, -0.25) is 4.79 Å². The predicted molar refractivity (Wildman–Crippen MR) is 93.4 cm³/mol. The Balaban J connectivity index is 2.29. The number of rotatable bonds is 3. The normalized spacial score (nSPS) is 16.0. The summed E-state index contributed by atoms with van der Waals surface area (Å²) in [5.74, 6) is 0.570. The first kappa shape index (κ1) is 16.7. The Morgan fingerprint density at radius 3 is 2.60 bits per heavy atom. The van der Waals surface area contributed by atoms with Crippen LogP contribution < -0.4 is 20.8 Å². The smallest absolute Gasteiger partial charge is 0.258 e. The third-order valence-corrected chi connectivity index (χ3v) is 4.46. The van der Waals surface area contributed by atoms with Crippen LogP contribution in [0.3, 0.4) is 0 Å². The number of ether oxygens (including phenoxy) is 2. The maximum absolute atomic E-state index is 13.0. The molecular weight excluding hydrogens is 318 g/mol. The van der Waals surface area contributed by atoms with Crippen LogP contribution in [0.25, 0.3) is 0 Å². The first-order chi connectivity index (χ1) is 12.0. The van der Waals surface area contributed by atoms with E-state index in [1.54, 1.807) is 29.9 Å². The highest BCUT2D eigenvalue weighted by molar-refractivity contribution is 5.55. The number of nitrogens with zero attached hydrogens (tertiary/aromatic N) is 2. The van der Waals surface area contributed by atoms with Crippen molar-refractivity contribution in [3.05, 3.63) is 69.0 Å². The van der Waals surface area contributed by atoms with Gasteiger partial charge in [-0.25, -0.2) is 0 Å². The van der Waals surface area contributed by atoms with Crippen LogP contribution in [0, 0.1) is 18.3 Å². The van der Waals surface area contributed by atoms with E-state index in [2.05, 4.69) is 6.07 Å². The minimum absolute atomic E-state index is 0.0314. The Morgan fingerprint density at radius 1 is 1.36 bits per heavy atom. The van der Waals surface area contributed by atoms with Crippen molar-refractivity contribution < 1.29 is 9.47 Å². The molecule has 1 aromatic carbocycles. The van der Waals surface area contributed by atoms with Crippen LogP contribution in [0.5, 0.6) is 11.5 Å². The molecule has 0 saturated heterocycles. The highest BCUT2D eigenvalue weighted by Gasteiger charge is 2.34. The van der Waals surface area contributed by atoms with Crippen LogP contribution in [0.2, 0.25) is 0 Å². The fraction of sp³-hybridized carbons (Fsp3) is 0.263. The number of hydrogen-bond acceptors (Lipinski definition) is 5. The number of methoxy groups -OCH3 is 1. The largest absolute Gasteiger partial charge is 0.497 e. The lowest BCUT2D eigenvalue weighted by Crippen LogP contribution is -2.32. The molecule has 128 valence electrons. The van der Waals surface area contributed by atoms with Crippen LogP contribution in [0.1, 0.15) is 29.7 Å². The maximum Gasteiger partial charge on any atom is 0.258 e. The molecule has 0 amide bonds. The molecule has 2 aromatic rings. The van der Waals surface area contributed by atoms with Crippen molar-refractivity contribution in [3.8, 4) is 17.6 Å². The number of nitrogens with two attached hydrogens (primary N) is 1. The standard InChI is InChI=1S/C19H19N3O3/c1-4-22-11(2)9-15-17(19(22)23)16(14(10-20)18(21)25-15)12-5-7-13(24-3)8-6-12/h5-9,16H,4,21H2,1-3H3/t16-/m0/s1. The molecule has 25 heavy (non-hydrogen) atoms. The number of nitriles is 1. The SMILES string of the molecule is CCn1c(C)cc2c(c1=O)[C@@H](c1ccc(OC)cc1)C(C#N)=C(N)O2. The predicted octanol–water partition coefficient (Wildman–Crippen LogP) is 2.40. The first-order valence-corrected chi connectivity index (χ1v) is 7.97. The number of fused-ring (bicyclic) bond motifs is 1. The van der Waals surface area contributed by atoms with Gasteiger partial charge in [0.1, 0.15) is 23.1 Å². The number of pyridine rings is 1. The van der Waals surface area contributed by atoms with Gasteiger partial charge in [-0.1, -0.05) is 12.1 Å². The number of aryl methyl sites for hydroxylation is 1. The molecule has 1 atom stereocenters. The molecule has 0 fully saturated rings. The molecule has 2 heterocycles. The second-order valence-electron chi connectivity index (χ2n) is 5.81. The summed E-state index contributed by atoms with van der Waals surface area (Å²) in [5, 5.41) is 9.59. The number of aromatic nitrogens is 1. The van der Waals surface area contributed by atoms with Crippen molar-refractivity contribution in [2.45, 2.75) is 26.3 Å². The second-order valence-corrected chi connectivity index (χ2v) is 5.81. The zero-order valence-corrected chi connectivity index (χ0v) is 14.4. The van der Waals surface area contributed by atoms with Crippen LogP contribution >= 0.6 is 0 Å². The van der Waals surface area contributed by atoms with Gasteiger partial charge >= 0.3 is 0 Å². The molecule has 6 nitrogen and oxygen atoms in total. The fourth-order valence-corrected chi connectivity index (χ4v) is 3.21. The van der Waals surface area contributed by atoms with E-state index in [1.165, 1.54) is 0 Å². The average molecular weight is 337 g/mol. The van der Waals surface area contributed by atoms with E-state index in [0.717, 1.165) is 11.3 Å². The van der Waals surface area contributed by atoms with Crippen LogP contribution in [-0.2, 0) is 6.54 Å². The lowest BCUT2D eigenvalue weighted by molar-refractivity contribution is 0.388. The first-order valence-electron chi connectivity index (χ1n) is 7.97. The molecule has 0 aliphatic carbocycles. The minimum atomic E-state index is -0.564. The quantitative estimate of drug-likeness (QED) is 0.929. The minimum Gasteiger partial charge on any atom is -0.497 e. The van der Waals surface area contributed by atoms with Gasteiger partial charge in [0.15, 0.2) is 0 Å². The van der Waals surface area contributed by atoms with Gasteiger partial charge in [0.25, 0.3) is 5.56 Å². The van der Waals surface area contributed by atoms with E-state index in [4.69, 9.17) is 15.2 Å². The van der Waals surface area contributed by atoms with E-state index in [0.29, 0.717) is 23.6 Å². The number of hydrogen-bond donors (Lipinski definition) is 1. The molecule has 0 bridgehead atoms. The van der Waals surface area contributed by atoms with E-state index in [9.17, 15) is 10.1 Å². The molecular formula is C19H19N3O3. The zero-order valence-electron chi connectivity index (χ0n) is 14.4. The molecule has 0 unspecified atom stereocenters. The number of benzene rings is 1. The molecule has 1 aromatic heterocycles. The summed E-state index contributed by atoms with van der Waals surface area (Å²) in [4.78, 5) is 13.0. The van der Waals surface area contributed by atoms with E-state index >= 15 is 0 Å². The summed E-state index contributed by atoms with van der Waals surface area (Å²) in [6, 6.07) is 11.1. The Hall–Kier alpha value is -3.20. The molecule has 0 spiro atoms. The van der Waals surface area contributed by atoms with E-state index in [-0.39, 0.29) is 17.0 Å². The number of allylic oxidation sites excluding steroid dienone is 1. The summed E-state index contributed by atoms with van der Waals surface area (Å²) in [5.41, 5.74) is 8.03. The van der Waals surface area contributed by atoms with Gasteiger partial charge in [-0.15, -0.1) is 0 Å². The molecule has 2 N–H and O–H groups in total. The van der Waals surface area contributed by atoms with Crippen molar-refractivity contribution >= 4 is 0 Å². The highest BCUT2D eigenvalue weighted by Crippen LogP contribution is 2.40. The molecule has 1 aliphatic heterocycles. The zero-order chi connectivity index (χ0) is 18.1. The molecule has 6 heteroatoms. The monoisotopic (exact) mass is 337 g/mol. The average Bonchev–Trinajstić information content (AvgIpc) is 2.61. The summed E-state index contributed by atoms with van der Waals surface area (Å²) in [6.07, 6.45) is 0. The molecule has 1 aliphatic rings. The Kier molecular flexibility index (Phi) is 4.24. The topological polar surface area (TPSA) is 90.3 Å². The second kappa shape index (κ2) is 6.36. The van der Waals surface area contributed by atoms with Crippen molar-refractivity contribution in [1.82, 2.24) is 4.57 Å². The van der Waals surface area contributed by atoms with Crippen molar-refractivity contribution in [2.24, 2.45) is 5.73 Å². The van der Waals surface area contributed by atoms with Crippen molar-refractivity contribution in [1.29, 1.82) is 5.26 Å². The third kappa shape index (κ3) is 2.64. The maximum atomic E-state index is 13.0. The van der Waals surface area contributed by atoms with E-state index in [1.807, 2.05) is 26.0 Å². The van der Waals surface area contributed by atoms with Gasteiger partial charge in [-0.2, -0.15) is 5.26 Å². The van der Waals surface area contributed by atoms with Crippen molar-refractivity contribution in [3.63, 3.8) is 0 Å². The Morgan fingerprint density at radius 2 is 2.04 bits per heavy atom. The Bertz CT molecular complexity index is 950. The summed E-state index contributed by atoms with van der Waals surface area (Å²) < 4.78 is 12.4. The van der Waals surface area contributed by atoms with Crippen LogP contribution in [0.15, 0.2) is 46.6 Å². The van der Waals surface area contributed by atoms with Gasteiger partial charge < -0.3 is 19.8 Å². The molecule has 0 radical (unpaired) electrons. The highest BCUT2D eigenvalue weighted by atomic mass is 16.5. The summed E-state index contributed by atoms with van der Waals surface area (Å²) >= 11 is 0. The summed E-state index contributed by atoms with van der Waals surface area (Å²) in [6.45, 7) is 4.28. The van der Waals surface area contributed by atoms with Gasteiger partial charge in [0.05, 0.1) is 18.6 Å². The van der Waals surface area contributed by atoms with Crippen LogP contribution in [0.4, 0.5) is 0 Å². The van der Waals surface area contributed by atoms with E-state index < -0.39 is 5.92 Å². The lowest BCUT2D eigenvalue weighted by atomic mass is 9.84.